The highest BCUT2D eigenvalue weighted by atomic mass is 16.5. The summed E-state index contributed by atoms with van der Waals surface area (Å²) in [6, 6.07) is -0.704. The zero-order valence-electron chi connectivity index (χ0n) is 43.2. The predicted octanol–water partition coefficient (Wildman–Crippen LogP) is 17.5. The number of hydrogen-bond donors (Lipinski definition) is 3. The van der Waals surface area contributed by atoms with E-state index in [2.05, 4.69) is 50.4 Å². The number of nitrogens with one attached hydrogen (secondary N) is 1. The fourth-order valence-corrected chi connectivity index (χ4v) is 8.89. The summed E-state index contributed by atoms with van der Waals surface area (Å²) in [5, 5.41) is 23.8. The van der Waals surface area contributed by atoms with Gasteiger partial charge in [-0.2, -0.15) is 0 Å². The quantitative estimate of drug-likeness (QED) is 0.0321. The third-order valence-electron chi connectivity index (χ3n) is 13.3. The fraction of sp³-hybridized carbons (Fsp3) is 0.897. The van der Waals surface area contributed by atoms with Crippen LogP contribution in [0.15, 0.2) is 24.3 Å². The van der Waals surface area contributed by atoms with Gasteiger partial charge in [-0.1, -0.05) is 244 Å². The topological polar surface area (TPSA) is 95.9 Å². The van der Waals surface area contributed by atoms with Gasteiger partial charge in [0, 0.05) is 6.42 Å². The van der Waals surface area contributed by atoms with Crippen molar-refractivity contribution in [3.8, 4) is 0 Å². The highest BCUT2D eigenvalue weighted by Gasteiger charge is 2.24. The van der Waals surface area contributed by atoms with Gasteiger partial charge in [0.2, 0.25) is 5.91 Å². The third kappa shape index (κ3) is 46.9. The second-order valence-electron chi connectivity index (χ2n) is 19.7. The minimum absolute atomic E-state index is 0.0681. The fourth-order valence-electron chi connectivity index (χ4n) is 8.89. The number of rotatable bonds is 52. The van der Waals surface area contributed by atoms with Gasteiger partial charge in [-0.25, -0.2) is 0 Å². The van der Waals surface area contributed by atoms with Crippen molar-refractivity contribution in [3.63, 3.8) is 0 Å². The molecule has 3 atom stereocenters. The van der Waals surface area contributed by atoms with Crippen molar-refractivity contribution < 1.29 is 24.5 Å². The number of carbonyl (C=O) groups excluding carboxylic acids is 2. The molecule has 0 aliphatic rings. The van der Waals surface area contributed by atoms with Crippen molar-refractivity contribution in [1.29, 1.82) is 0 Å². The van der Waals surface area contributed by atoms with E-state index in [-0.39, 0.29) is 24.9 Å². The maximum absolute atomic E-state index is 13.2. The molecular formula is C58H111NO5. The molecule has 0 saturated carbocycles. The van der Waals surface area contributed by atoms with Crippen LogP contribution in [0.5, 0.6) is 0 Å². The Kier molecular flexibility index (Phi) is 51.0. The highest BCUT2D eigenvalue weighted by molar-refractivity contribution is 5.77. The molecule has 0 aliphatic carbocycles. The largest absolute Gasteiger partial charge is 0.462 e. The molecule has 0 aliphatic heterocycles. The molecule has 0 aromatic carbocycles. The van der Waals surface area contributed by atoms with Gasteiger partial charge >= 0.3 is 5.97 Å². The Labute approximate surface area is 399 Å². The summed E-state index contributed by atoms with van der Waals surface area (Å²) in [5.74, 6) is -0.483. The normalized spacial score (nSPS) is 13.3. The van der Waals surface area contributed by atoms with Gasteiger partial charge in [0.1, 0.15) is 6.10 Å². The van der Waals surface area contributed by atoms with Crippen LogP contribution in [0.4, 0.5) is 0 Å². The van der Waals surface area contributed by atoms with E-state index in [9.17, 15) is 19.8 Å². The first kappa shape index (κ1) is 62.3. The molecule has 0 radical (unpaired) electrons. The van der Waals surface area contributed by atoms with Gasteiger partial charge in [0.25, 0.3) is 0 Å². The molecule has 0 fully saturated rings. The zero-order valence-corrected chi connectivity index (χ0v) is 43.2. The van der Waals surface area contributed by atoms with Crippen LogP contribution < -0.4 is 5.32 Å². The molecule has 6 nitrogen and oxygen atoms in total. The number of esters is 1. The van der Waals surface area contributed by atoms with Crippen molar-refractivity contribution in [2.45, 2.75) is 328 Å². The number of aliphatic hydroxyl groups is 2. The lowest BCUT2D eigenvalue weighted by atomic mass is 10.0. The number of unbranched alkanes of at least 4 members (excludes halogenated alkanes) is 36. The van der Waals surface area contributed by atoms with Gasteiger partial charge in [-0.15, -0.1) is 0 Å². The van der Waals surface area contributed by atoms with E-state index in [0.717, 1.165) is 70.6 Å². The number of ether oxygens (including phenoxy) is 1. The number of amides is 1. The van der Waals surface area contributed by atoms with Crippen LogP contribution in [0, 0.1) is 0 Å². The Hall–Kier alpha value is -1.66. The highest BCUT2D eigenvalue weighted by Crippen LogP contribution is 2.18. The molecule has 6 heteroatoms. The van der Waals surface area contributed by atoms with Crippen molar-refractivity contribution >= 4 is 11.9 Å². The standard InChI is InChI=1S/C58H111NO5/c1-4-7-10-13-16-19-22-24-26-28-29-31-33-36-39-42-45-48-51-58(63)64-54(49-46-43-40-37-35-32-30-27-25-23-20-17-14-11-8-5-2)52-57(62)59-55(53-60)56(61)50-47-44-41-38-34-21-18-15-12-9-6-3/h29,31-32,35,54-56,60-61H,4-28,30,33-34,36-53H2,1-3H3,(H,59,62)/b31-29+,35-32+. The van der Waals surface area contributed by atoms with Crippen LogP contribution in [0.2, 0.25) is 0 Å². The molecule has 3 unspecified atom stereocenters. The van der Waals surface area contributed by atoms with E-state index in [4.69, 9.17) is 4.74 Å². The molecule has 0 saturated heterocycles. The lowest BCUT2D eigenvalue weighted by molar-refractivity contribution is -0.151. The second-order valence-corrected chi connectivity index (χ2v) is 19.7. The average Bonchev–Trinajstić information content (AvgIpc) is 3.29. The number of carbonyl (C=O) groups is 2. The summed E-state index contributed by atoms with van der Waals surface area (Å²) in [4.78, 5) is 26.2. The smallest absolute Gasteiger partial charge is 0.306 e. The predicted molar refractivity (Wildman–Crippen MR) is 278 cm³/mol. The first-order valence-corrected chi connectivity index (χ1v) is 28.6. The van der Waals surface area contributed by atoms with E-state index in [1.165, 1.54) is 193 Å². The van der Waals surface area contributed by atoms with Crippen molar-refractivity contribution in [3.05, 3.63) is 24.3 Å². The molecule has 378 valence electrons. The number of allylic oxidation sites excluding steroid dienone is 4. The van der Waals surface area contributed by atoms with E-state index in [0.29, 0.717) is 19.3 Å². The SMILES string of the molecule is CCCCCCCCCCC/C=C/CCCCCCCC(=O)OC(CCCCC/C=C/CCCCCCCCCCC)CC(=O)NC(CO)C(O)CCCCCCCCCCCCC. The average molecular weight is 903 g/mol. The van der Waals surface area contributed by atoms with Gasteiger partial charge in [-0.05, 0) is 77.0 Å². The summed E-state index contributed by atoms with van der Waals surface area (Å²) in [6.45, 7) is 6.50. The lowest BCUT2D eigenvalue weighted by Crippen LogP contribution is -2.46. The van der Waals surface area contributed by atoms with Crippen LogP contribution in [0.25, 0.3) is 0 Å². The van der Waals surface area contributed by atoms with E-state index in [1.54, 1.807) is 0 Å². The van der Waals surface area contributed by atoms with E-state index in [1.807, 2.05) is 0 Å². The second kappa shape index (κ2) is 52.3. The van der Waals surface area contributed by atoms with Crippen LogP contribution >= 0.6 is 0 Å². The maximum atomic E-state index is 13.2. The summed E-state index contributed by atoms with van der Waals surface area (Å²) < 4.78 is 5.95. The first-order chi connectivity index (χ1) is 31.5. The minimum atomic E-state index is -0.789. The Balaban J connectivity index is 4.56. The Morgan fingerprint density at radius 3 is 1.12 bits per heavy atom. The summed E-state index contributed by atoms with van der Waals surface area (Å²) in [6.07, 6.45) is 61.0. The molecule has 0 aromatic rings. The molecule has 64 heavy (non-hydrogen) atoms. The number of hydrogen-bond acceptors (Lipinski definition) is 5. The van der Waals surface area contributed by atoms with Crippen molar-refractivity contribution in [2.75, 3.05) is 6.61 Å². The van der Waals surface area contributed by atoms with Gasteiger partial charge < -0.3 is 20.3 Å². The monoisotopic (exact) mass is 902 g/mol. The van der Waals surface area contributed by atoms with Gasteiger partial charge in [-0.3, -0.25) is 9.59 Å². The Morgan fingerprint density at radius 1 is 0.438 bits per heavy atom. The minimum Gasteiger partial charge on any atom is -0.462 e. The van der Waals surface area contributed by atoms with Crippen LogP contribution in [-0.2, 0) is 14.3 Å². The molecule has 1 amide bonds. The molecule has 0 heterocycles. The van der Waals surface area contributed by atoms with Crippen LogP contribution in [0.1, 0.15) is 310 Å². The van der Waals surface area contributed by atoms with E-state index < -0.39 is 18.2 Å². The summed E-state index contributed by atoms with van der Waals surface area (Å²) in [7, 11) is 0. The molecule has 0 spiro atoms. The van der Waals surface area contributed by atoms with Gasteiger partial charge in [0.05, 0.1) is 25.2 Å². The van der Waals surface area contributed by atoms with Crippen LogP contribution in [-0.4, -0.2) is 46.9 Å². The van der Waals surface area contributed by atoms with Crippen molar-refractivity contribution in [1.82, 2.24) is 5.32 Å². The Bertz CT molecular complexity index is 1010. The van der Waals surface area contributed by atoms with Crippen LogP contribution in [0.3, 0.4) is 0 Å². The molecule has 0 rings (SSSR count). The number of aliphatic hydroxyl groups excluding tert-OH is 2. The van der Waals surface area contributed by atoms with Crippen molar-refractivity contribution in [2.24, 2.45) is 0 Å². The molecule has 3 N–H and O–H groups in total. The van der Waals surface area contributed by atoms with E-state index >= 15 is 0 Å². The molecule has 0 bridgehead atoms. The first-order valence-electron chi connectivity index (χ1n) is 28.6. The molecule has 0 aromatic heterocycles. The zero-order chi connectivity index (χ0) is 46.7. The maximum Gasteiger partial charge on any atom is 0.306 e. The van der Waals surface area contributed by atoms with Gasteiger partial charge in [0.15, 0.2) is 0 Å². The summed E-state index contributed by atoms with van der Waals surface area (Å²) in [5.41, 5.74) is 0. The Morgan fingerprint density at radius 2 is 0.750 bits per heavy atom. The third-order valence-corrected chi connectivity index (χ3v) is 13.3. The lowest BCUT2D eigenvalue weighted by Gasteiger charge is -2.24. The summed E-state index contributed by atoms with van der Waals surface area (Å²) >= 11 is 0. The molecular weight excluding hydrogens is 791 g/mol.